The molecule has 1 aromatic heterocycles. The van der Waals surface area contributed by atoms with Crippen LogP contribution in [0.15, 0.2) is 30.6 Å². The number of rotatable bonds is 6. The van der Waals surface area contributed by atoms with Crippen molar-refractivity contribution in [2.45, 2.75) is 51.6 Å². The number of aromatic nitrogens is 2. The van der Waals surface area contributed by atoms with Crippen molar-refractivity contribution in [3.05, 3.63) is 58.9 Å². The van der Waals surface area contributed by atoms with Gasteiger partial charge in [-0.3, -0.25) is 0 Å². The van der Waals surface area contributed by atoms with Gasteiger partial charge in [-0.2, -0.15) is 0 Å². The maximum Gasteiger partial charge on any atom is 0.127 e. The Hall–Kier alpha value is -2.35. The summed E-state index contributed by atoms with van der Waals surface area (Å²) in [5.74, 6) is -0.342. The molecule has 1 aromatic carbocycles. The fourth-order valence-electron chi connectivity index (χ4n) is 3.58. The first-order valence-corrected chi connectivity index (χ1v) is 9.27. The normalized spacial score (nSPS) is 24.8. The maximum absolute atomic E-state index is 13.3. The average molecular weight is 388 g/mol. The molecular formula is C21H25FN2O4. The van der Waals surface area contributed by atoms with E-state index in [0.717, 1.165) is 17.0 Å². The van der Waals surface area contributed by atoms with Gasteiger partial charge in [0, 0.05) is 22.5 Å². The molecule has 1 aliphatic rings. The van der Waals surface area contributed by atoms with Gasteiger partial charge < -0.3 is 20.1 Å². The minimum Gasteiger partial charge on any atom is -0.487 e. The summed E-state index contributed by atoms with van der Waals surface area (Å²) in [5.41, 5.74) is 3.01. The predicted molar refractivity (Wildman–Crippen MR) is 102 cm³/mol. The van der Waals surface area contributed by atoms with Gasteiger partial charge in [-0.1, -0.05) is 12.2 Å². The smallest absolute Gasteiger partial charge is 0.127 e. The molecule has 1 aliphatic carbocycles. The summed E-state index contributed by atoms with van der Waals surface area (Å²) >= 11 is 0. The van der Waals surface area contributed by atoms with Gasteiger partial charge in [0.15, 0.2) is 0 Å². The van der Waals surface area contributed by atoms with Gasteiger partial charge in [0.05, 0.1) is 12.7 Å². The van der Waals surface area contributed by atoms with Gasteiger partial charge in [-0.05, 0) is 50.8 Å². The number of hydrogen-bond donors (Lipinski definition) is 3. The summed E-state index contributed by atoms with van der Waals surface area (Å²) in [4.78, 5) is 8.36. The minimum atomic E-state index is -1.06. The fraction of sp³-hybridized carbons (Fsp3) is 0.429. The fourth-order valence-corrected chi connectivity index (χ4v) is 3.58. The zero-order valence-electron chi connectivity index (χ0n) is 15.9. The third-order valence-corrected chi connectivity index (χ3v) is 5.23. The zero-order valence-corrected chi connectivity index (χ0v) is 15.9. The van der Waals surface area contributed by atoms with Crippen molar-refractivity contribution in [3.8, 4) is 5.75 Å². The molecular weight excluding hydrogens is 363 g/mol. The van der Waals surface area contributed by atoms with Crippen molar-refractivity contribution in [2.75, 3.05) is 0 Å². The van der Waals surface area contributed by atoms with E-state index < -0.39 is 24.1 Å². The molecule has 6 nitrogen and oxygen atoms in total. The van der Waals surface area contributed by atoms with E-state index in [9.17, 15) is 19.7 Å². The summed E-state index contributed by atoms with van der Waals surface area (Å²) in [6, 6.07) is 3.85. The van der Waals surface area contributed by atoms with Gasteiger partial charge >= 0.3 is 0 Å². The third-order valence-electron chi connectivity index (χ3n) is 5.23. The third kappa shape index (κ3) is 4.38. The van der Waals surface area contributed by atoms with Crippen LogP contribution < -0.4 is 4.74 Å². The van der Waals surface area contributed by atoms with Crippen LogP contribution in [0.5, 0.6) is 5.75 Å². The van der Waals surface area contributed by atoms with Crippen LogP contribution in [0.4, 0.5) is 4.39 Å². The molecule has 1 fully saturated rings. The first-order chi connectivity index (χ1) is 13.4. The number of allylic oxidation sites excluding steroid dienone is 1. The Morgan fingerprint density at radius 2 is 1.89 bits per heavy atom. The number of ether oxygens (including phenoxy) is 1. The Morgan fingerprint density at radius 1 is 1.18 bits per heavy atom. The van der Waals surface area contributed by atoms with Crippen LogP contribution in [0, 0.1) is 25.6 Å². The van der Waals surface area contributed by atoms with Gasteiger partial charge in [-0.15, -0.1) is 0 Å². The number of aliphatic hydroxyl groups is 3. The standard InChI is InChI=1S/C21H25FN2O4/c1-12-17(13(2)24-11-23-12)5-3-4-14-9-19(21(27)20(14)26)28-18-7-6-16(22)8-15(18)10-25/h3,5-8,11,14,19-21,25-27H,4,9-10H2,1-2H3/b5-3-/t14-,19+,20+,21-/m1/s1. The summed E-state index contributed by atoms with van der Waals surface area (Å²) in [6.45, 7) is 3.45. The molecule has 3 rings (SSSR count). The lowest BCUT2D eigenvalue weighted by atomic mass is 10.00. The monoisotopic (exact) mass is 388 g/mol. The molecule has 3 N–H and O–H groups in total. The topological polar surface area (TPSA) is 95.7 Å². The van der Waals surface area contributed by atoms with Crippen LogP contribution >= 0.6 is 0 Å². The van der Waals surface area contributed by atoms with Gasteiger partial charge in [0.25, 0.3) is 0 Å². The van der Waals surface area contributed by atoms with E-state index in [1.165, 1.54) is 24.5 Å². The highest BCUT2D eigenvalue weighted by atomic mass is 19.1. The number of halogens is 1. The summed E-state index contributed by atoms with van der Waals surface area (Å²) in [5, 5.41) is 30.1. The van der Waals surface area contributed by atoms with Crippen LogP contribution in [0.3, 0.4) is 0 Å². The summed E-state index contributed by atoms with van der Waals surface area (Å²) in [6.07, 6.45) is 3.78. The minimum absolute atomic E-state index is 0.181. The first-order valence-electron chi connectivity index (χ1n) is 9.27. The zero-order chi connectivity index (χ0) is 20.3. The highest BCUT2D eigenvalue weighted by molar-refractivity contribution is 5.53. The summed E-state index contributed by atoms with van der Waals surface area (Å²) < 4.78 is 19.1. The number of nitrogens with zero attached hydrogens (tertiary/aromatic N) is 2. The van der Waals surface area contributed by atoms with E-state index in [-0.39, 0.29) is 12.5 Å². The molecule has 0 spiro atoms. The highest BCUT2D eigenvalue weighted by Crippen LogP contribution is 2.34. The highest BCUT2D eigenvalue weighted by Gasteiger charge is 2.42. The van der Waals surface area contributed by atoms with E-state index in [1.54, 1.807) is 0 Å². The van der Waals surface area contributed by atoms with E-state index in [4.69, 9.17) is 4.74 Å². The van der Waals surface area contributed by atoms with E-state index in [0.29, 0.717) is 24.2 Å². The van der Waals surface area contributed by atoms with Crippen LogP contribution in [0.25, 0.3) is 6.08 Å². The second kappa shape index (κ2) is 8.77. The lowest BCUT2D eigenvalue weighted by Gasteiger charge is -2.20. The molecule has 0 saturated heterocycles. The molecule has 7 heteroatoms. The summed E-state index contributed by atoms with van der Waals surface area (Å²) in [7, 11) is 0. The SMILES string of the molecule is Cc1ncnc(C)c1/C=C\C[C@@H]1C[C@H](Oc2ccc(F)cc2CO)[C@@H](O)[C@H]1O. The van der Waals surface area contributed by atoms with Crippen LogP contribution in [0.1, 0.15) is 35.4 Å². The Morgan fingerprint density at radius 3 is 2.57 bits per heavy atom. The second-order valence-electron chi connectivity index (χ2n) is 7.14. The molecule has 0 unspecified atom stereocenters. The van der Waals surface area contributed by atoms with Crippen molar-refractivity contribution >= 4 is 6.08 Å². The van der Waals surface area contributed by atoms with Crippen molar-refractivity contribution in [3.63, 3.8) is 0 Å². The number of hydrogen-bond acceptors (Lipinski definition) is 6. The molecule has 0 bridgehead atoms. The Kier molecular flexibility index (Phi) is 6.39. The van der Waals surface area contributed by atoms with Crippen LogP contribution in [0.2, 0.25) is 0 Å². The molecule has 0 amide bonds. The molecule has 0 radical (unpaired) electrons. The van der Waals surface area contributed by atoms with Crippen molar-refractivity contribution in [1.29, 1.82) is 0 Å². The predicted octanol–water partition coefficient (Wildman–Crippen LogP) is 2.32. The van der Waals surface area contributed by atoms with Gasteiger partial charge in [0.1, 0.15) is 30.1 Å². The second-order valence-corrected chi connectivity index (χ2v) is 7.14. The molecule has 150 valence electrons. The molecule has 1 heterocycles. The largest absolute Gasteiger partial charge is 0.487 e. The average Bonchev–Trinajstić information content (AvgIpc) is 2.93. The van der Waals surface area contributed by atoms with E-state index in [2.05, 4.69) is 9.97 Å². The quantitative estimate of drug-likeness (QED) is 0.703. The number of benzene rings is 1. The first kappa shape index (κ1) is 20.4. The van der Waals surface area contributed by atoms with Crippen molar-refractivity contribution < 1.29 is 24.4 Å². The Bertz CT molecular complexity index is 838. The van der Waals surface area contributed by atoms with Crippen LogP contribution in [-0.2, 0) is 6.61 Å². The van der Waals surface area contributed by atoms with Crippen molar-refractivity contribution in [1.82, 2.24) is 9.97 Å². The molecule has 4 atom stereocenters. The Labute approximate surface area is 163 Å². The molecule has 1 saturated carbocycles. The molecule has 2 aromatic rings. The van der Waals surface area contributed by atoms with Crippen LogP contribution in [-0.4, -0.2) is 43.6 Å². The van der Waals surface area contributed by atoms with Gasteiger partial charge in [-0.25, -0.2) is 14.4 Å². The lowest BCUT2D eigenvalue weighted by molar-refractivity contribution is -0.0182. The van der Waals surface area contributed by atoms with E-state index in [1.807, 2.05) is 26.0 Å². The number of aryl methyl sites for hydroxylation is 2. The molecule has 0 aliphatic heterocycles. The number of aliphatic hydroxyl groups excluding tert-OH is 3. The maximum atomic E-state index is 13.3. The Balaban J connectivity index is 1.66. The van der Waals surface area contributed by atoms with Gasteiger partial charge in [0.2, 0.25) is 0 Å². The lowest BCUT2D eigenvalue weighted by Crippen LogP contribution is -2.34. The van der Waals surface area contributed by atoms with Crippen molar-refractivity contribution in [2.24, 2.45) is 5.92 Å². The molecule has 28 heavy (non-hydrogen) atoms. The van der Waals surface area contributed by atoms with E-state index >= 15 is 0 Å².